The van der Waals surface area contributed by atoms with Crippen LogP contribution in [0.2, 0.25) is 0 Å². The van der Waals surface area contributed by atoms with Gasteiger partial charge in [0.05, 0.1) is 7.11 Å². The Balaban J connectivity index is 2.70. The third-order valence-electron chi connectivity index (χ3n) is 3.16. The van der Waals surface area contributed by atoms with Gasteiger partial charge in [-0.25, -0.2) is 0 Å². The van der Waals surface area contributed by atoms with Crippen molar-refractivity contribution < 1.29 is 14.3 Å². The Hall–Kier alpha value is -0.610. The Kier molecular flexibility index (Phi) is 4.74. The molecular formula is C12H23NO3. The number of carbonyl (C=O) groups is 1. The van der Waals surface area contributed by atoms with Crippen LogP contribution < -0.4 is 5.32 Å². The minimum absolute atomic E-state index is 0.139. The molecule has 0 aromatic carbocycles. The molecule has 0 saturated heterocycles. The molecule has 4 heteroatoms. The van der Waals surface area contributed by atoms with Crippen LogP contribution in [0.3, 0.4) is 0 Å². The third-order valence-corrected chi connectivity index (χ3v) is 3.16. The fourth-order valence-electron chi connectivity index (χ4n) is 2.65. The number of hydrogen-bond donors (Lipinski definition) is 1. The first-order chi connectivity index (χ1) is 7.54. The Labute approximate surface area is 97.7 Å². The summed E-state index contributed by atoms with van der Waals surface area (Å²) in [5, 5.41) is 3.36. The first kappa shape index (κ1) is 13.5. The Morgan fingerprint density at radius 2 is 2.19 bits per heavy atom. The molecule has 0 amide bonds. The van der Waals surface area contributed by atoms with Crippen LogP contribution in [0.1, 0.15) is 33.1 Å². The van der Waals surface area contributed by atoms with E-state index in [2.05, 4.69) is 5.32 Å². The lowest BCUT2D eigenvalue weighted by Crippen LogP contribution is -2.53. The highest BCUT2D eigenvalue weighted by atomic mass is 16.5. The van der Waals surface area contributed by atoms with Crippen molar-refractivity contribution in [2.45, 2.75) is 44.7 Å². The molecule has 4 nitrogen and oxygen atoms in total. The number of carbonyl (C=O) groups excluding carboxylic acids is 1. The summed E-state index contributed by atoms with van der Waals surface area (Å²) in [6.45, 7) is 4.82. The summed E-state index contributed by atoms with van der Waals surface area (Å²) in [5.41, 5.74) is -0.494. The van der Waals surface area contributed by atoms with Gasteiger partial charge in [-0.15, -0.1) is 0 Å². The highest BCUT2D eigenvalue weighted by Crippen LogP contribution is 2.36. The number of methoxy groups -OCH3 is 2. The molecule has 2 atom stereocenters. The zero-order valence-electron chi connectivity index (χ0n) is 10.7. The molecule has 94 valence electrons. The lowest BCUT2D eigenvalue weighted by molar-refractivity contribution is -0.149. The van der Waals surface area contributed by atoms with E-state index in [9.17, 15) is 4.79 Å². The molecule has 1 fully saturated rings. The van der Waals surface area contributed by atoms with Gasteiger partial charge in [-0.05, 0) is 39.0 Å². The maximum absolute atomic E-state index is 11.9. The molecule has 1 rings (SSSR count). The summed E-state index contributed by atoms with van der Waals surface area (Å²) in [7, 11) is 3.16. The maximum Gasteiger partial charge on any atom is 0.326 e. The van der Waals surface area contributed by atoms with Gasteiger partial charge >= 0.3 is 5.97 Å². The molecule has 0 bridgehead atoms. The van der Waals surface area contributed by atoms with E-state index in [4.69, 9.17) is 9.47 Å². The van der Waals surface area contributed by atoms with Crippen molar-refractivity contribution in [1.29, 1.82) is 0 Å². The molecule has 16 heavy (non-hydrogen) atoms. The second-order valence-electron chi connectivity index (χ2n) is 4.94. The van der Waals surface area contributed by atoms with Gasteiger partial charge in [-0.1, -0.05) is 0 Å². The van der Waals surface area contributed by atoms with Crippen LogP contribution in [-0.2, 0) is 14.3 Å². The van der Waals surface area contributed by atoms with Crippen molar-refractivity contribution >= 4 is 5.97 Å². The predicted octanol–water partition coefficient (Wildman–Crippen LogP) is 1.34. The van der Waals surface area contributed by atoms with Crippen LogP contribution in [0, 0.1) is 5.92 Å². The van der Waals surface area contributed by atoms with E-state index in [1.54, 1.807) is 7.11 Å². The van der Waals surface area contributed by atoms with Gasteiger partial charge in [0.2, 0.25) is 0 Å². The van der Waals surface area contributed by atoms with Crippen LogP contribution in [0.15, 0.2) is 0 Å². The van der Waals surface area contributed by atoms with Crippen LogP contribution in [0.5, 0.6) is 0 Å². The van der Waals surface area contributed by atoms with E-state index in [0.717, 1.165) is 25.9 Å². The smallest absolute Gasteiger partial charge is 0.326 e. The molecule has 0 radical (unpaired) electrons. The number of nitrogens with one attached hydrogen (secondary N) is 1. The average Bonchev–Trinajstić information content (AvgIpc) is 2.61. The number of esters is 1. The SMILES string of the molecule is COCC1CCC(NC(C)C)(C(=O)OC)C1. The summed E-state index contributed by atoms with van der Waals surface area (Å²) < 4.78 is 10.1. The fraction of sp³-hybridized carbons (Fsp3) is 0.917. The highest BCUT2D eigenvalue weighted by Gasteiger charge is 2.46. The Morgan fingerprint density at radius 1 is 1.50 bits per heavy atom. The molecule has 0 aromatic rings. The molecule has 0 aliphatic heterocycles. The molecule has 0 aromatic heterocycles. The number of hydrogen-bond acceptors (Lipinski definition) is 4. The minimum Gasteiger partial charge on any atom is -0.468 e. The average molecular weight is 229 g/mol. The van der Waals surface area contributed by atoms with Gasteiger partial charge in [0.25, 0.3) is 0 Å². The van der Waals surface area contributed by atoms with Crippen molar-refractivity contribution in [2.24, 2.45) is 5.92 Å². The van der Waals surface area contributed by atoms with E-state index >= 15 is 0 Å². The first-order valence-corrected chi connectivity index (χ1v) is 5.89. The van der Waals surface area contributed by atoms with E-state index in [1.807, 2.05) is 13.8 Å². The second-order valence-corrected chi connectivity index (χ2v) is 4.94. The van der Waals surface area contributed by atoms with Gasteiger partial charge in [-0.3, -0.25) is 10.1 Å². The van der Waals surface area contributed by atoms with Crippen molar-refractivity contribution in [3.05, 3.63) is 0 Å². The summed E-state index contributed by atoms with van der Waals surface area (Å²) in [4.78, 5) is 11.9. The summed E-state index contributed by atoms with van der Waals surface area (Å²) in [5.74, 6) is 0.315. The quantitative estimate of drug-likeness (QED) is 0.723. The number of ether oxygens (including phenoxy) is 2. The molecule has 2 unspecified atom stereocenters. The van der Waals surface area contributed by atoms with Gasteiger partial charge in [-0.2, -0.15) is 0 Å². The topological polar surface area (TPSA) is 47.6 Å². The molecule has 1 saturated carbocycles. The van der Waals surface area contributed by atoms with Gasteiger partial charge < -0.3 is 9.47 Å². The van der Waals surface area contributed by atoms with Crippen molar-refractivity contribution in [1.82, 2.24) is 5.32 Å². The number of rotatable bonds is 5. The van der Waals surface area contributed by atoms with E-state index in [1.165, 1.54) is 7.11 Å². The maximum atomic E-state index is 11.9. The zero-order valence-corrected chi connectivity index (χ0v) is 10.7. The molecule has 1 aliphatic rings. The molecule has 1 N–H and O–H groups in total. The minimum atomic E-state index is -0.494. The normalized spacial score (nSPS) is 29.7. The molecule has 1 aliphatic carbocycles. The summed E-state index contributed by atoms with van der Waals surface area (Å²) >= 11 is 0. The van der Waals surface area contributed by atoms with E-state index in [0.29, 0.717) is 5.92 Å². The standard InChI is InChI=1S/C12H23NO3/c1-9(2)13-12(11(14)16-4)6-5-10(7-12)8-15-3/h9-10,13H,5-8H2,1-4H3. The first-order valence-electron chi connectivity index (χ1n) is 5.89. The molecular weight excluding hydrogens is 206 g/mol. The molecule has 0 heterocycles. The fourth-order valence-corrected chi connectivity index (χ4v) is 2.65. The van der Waals surface area contributed by atoms with Crippen molar-refractivity contribution in [3.8, 4) is 0 Å². The van der Waals surface area contributed by atoms with Gasteiger partial charge in [0.1, 0.15) is 5.54 Å². The predicted molar refractivity (Wildman–Crippen MR) is 62.2 cm³/mol. The van der Waals surface area contributed by atoms with Crippen LogP contribution in [0.25, 0.3) is 0 Å². The lowest BCUT2D eigenvalue weighted by Gasteiger charge is -2.30. The summed E-state index contributed by atoms with van der Waals surface area (Å²) in [6.07, 6.45) is 2.67. The van der Waals surface area contributed by atoms with Gasteiger partial charge in [0, 0.05) is 19.8 Å². The largest absolute Gasteiger partial charge is 0.468 e. The van der Waals surface area contributed by atoms with Crippen LogP contribution in [-0.4, -0.2) is 38.4 Å². The van der Waals surface area contributed by atoms with Gasteiger partial charge in [0.15, 0.2) is 0 Å². The van der Waals surface area contributed by atoms with E-state index < -0.39 is 5.54 Å². The summed E-state index contributed by atoms with van der Waals surface area (Å²) in [6, 6.07) is 0.278. The Bertz CT molecular complexity index is 242. The highest BCUT2D eigenvalue weighted by molar-refractivity contribution is 5.81. The second kappa shape index (κ2) is 5.64. The monoisotopic (exact) mass is 229 g/mol. The van der Waals surface area contributed by atoms with E-state index in [-0.39, 0.29) is 12.0 Å². The van der Waals surface area contributed by atoms with Crippen molar-refractivity contribution in [2.75, 3.05) is 20.8 Å². The zero-order chi connectivity index (χ0) is 12.2. The van der Waals surface area contributed by atoms with Crippen LogP contribution in [0.4, 0.5) is 0 Å². The third kappa shape index (κ3) is 2.95. The lowest BCUT2D eigenvalue weighted by atomic mass is 9.95. The Morgan fingerprint density at radius 3 is 2.69 bits per heavy atom. The van der Waals surface area contributed by atoms with Crippen molar-refractivity contribution in [3.63, 3.8) is 0 Å². The van der Waals surface area contributed by atoms with Crippen LogP contribution >= 0.6 is 0 Å². The molecule has 0 spiro atoms.